The van der Waals surface area contributed by atoms with Crippen molar-refractivity contribution in [2.75, 3.05) is 20.1 Å². The second-order valence-electron chi connectivity index (χ2n) is 7.24. The van der Waals surface area contributed by atoms with E-state index in [0.29, 0.717) is 24.2 Å². The molecule has 1 atom stereocenters. The number of carbonyl (C=O) groups excluding carboxylic acids is 1. The van der Waals surface area contributed by atoms with Crippen LogP contribution in [0, 0.1) is 0 Å². The van der Waals surface area contributed by atoms with E-state index in [0.717, 1.165) is 31.5 Å². The number of nitrogens with zero attached hydrogens (tertiary/aromatic N) is 3. The van der Waals surface area contributed by atoms with Gasteiger partial charge in [0.2, 0.25) is 0 Å². The van der Waals surface area contributed by atoms with Gasteiger partial charge < -0.3 is 10.2 Å². The first-order chi connectivity index (χ1) is 12.0. The minimum absolute atomic E-state index is 0.0320. The highest BCUT2D eigenvalue weighted by Crippen LogP contribution is 2.18. The number of carbonyl (C=O) groups is 1. The van der Waals surface area contributed by atoms with E-state index in [4.69, 9.17) is 0 Å². The van der Waals surface area contributed by atoms with Crippen molar-refractivity contribution in [1.29, 1.82) is 0 Å². The first-order valence-electron chi connectivity index (χ1n) is 9.15. The standard InChI is InChI=1S/C20H28N4O/c1-15(2)17-8-6-16(7-9-17)14-23(3)20(25)19-10-12-24(22-19)18-5-4-11-21-13-18/h6-10,12,15,18,21H,4-5,11,13-14H2,1-3H3. The van der Waals surface area contributed by atoms with Crippen LogP contribution in [0.15, 0.2) is 36.5 Å². The fourth-order valence-electron chi connectivity index (χ4n) is 3.26. The van der Waals surface area contributed by atoms with E-state index in [1.54, 1.807) is 4.90 Å². The van der Waals surface area contributed by atoms with E-state index in [1.807, 2.05) is 24.0 Å². The van der Waals surface area contributed by atoms with E-state index < -0.39 is 0 Å². The highest BCUT2D eigenvalue weighted by atomic mass is 16.2. The number of hydrogen-bond donors (Lipinski definition) is 1. The molecule has 1 aromatic heterocycles. The van der Waals surface area contributed by atoms with Crippen molar-refractivity contribution >= 4 is 5.91 Å². The smallest absolute Gasteiger partial charge is 0.274 e. The predicted molar refractivity (Wildman–Crippen MR) is 99.7 cm³/mol. The minimum atomic E-state index is -0.0320. The summed E-state index contributed by atoms with van der Waals surface area (Å²) >= 11 is 0. The van der Waals surface area contributed by atoms with Crippen LogP contribution in [0.2, 0.25) is 0 Å². The zero-order chi connectivity index (χ0) is 17.8. The van der Waals surface area contributed by atoms with Gasteiger partial charge in [-0.3, -0.25) is 9.48 Å². The molecular formula is C20H28N4O. The fraction of sp³-hybridized carbons (Fsp3) is 0.500. The van der Waals surface area contributed by atoms with Gasteiger partial charge in [0.05, 0.1) is 6.04 Å². The Labute approximate surface area is 150 Å². The van der Waals surface area contributed by atoms with Gasteiger partial charge in [-0.05, 0) is 42.5 Å². The Hall–Kier alpha value is -2.14. The second-order valence-corrected chi connectivity index (χ2v) is 7.24. The molecule has 2 heterocycles. The monoisotopic (exact) mass is 340 g/mol. The van der Waals surface area contributed by atoms with Crippen molar-refractivity contribution in [3.05, 3.63) is 53.3 Å². The molecule has 0 spiro atoms. The molecule has 1 unspecified atom stereocenters. The fourth-order valence-corrected chi connectivity index (χ4v) is 3.26. The Kier molecular flexibility index (Phi) is 5.53. The summed E-state index contributed by atoms with van der Waals surface area (Å²) in [5.41, 5.74) is 2.97. The Balaban J connectivity index is 1.63. The molecule has 2 aromatic rings. The number of piperidine rings is 1. The molecule has 1 aliphatic rings. The molecule has 1 aliphatic heterocycles. The SMILES string of the molecule is CC(C)c1ccc(CN(C)C(=O)c2ccn(C3CCCNC3)n2)cc1. The van der Waals surface area contributed by atoms with E-state index in [2.05, 4.69) is 48.5 Å². The average molecular weight is 340 g/mol. The number of aromatic nitrogens is 2. The van der Waals surface area contributed by atoms with Crippen molar-refractivity contribution in [1.82, 2.24) is 20.0 Å². The summed E-state index contributed by atoms with van der Waals surface area (Å²) in [5, 5.41) is 7.90. The third-order valence-electron chi connectivity index (χ3n) is 4.89. The summed E-state index contributed by atoms with van der Waals surface area (Å²) in [4.78, 5) is 14.4. The van der Waals surface area contributed by atoms with Gasteiger partial charge in [0, 0.05) is 26.3 Å². The quantitative estimate of drug-likeness (QED) is 0.909. The maximum Gasteiger partial charge on any atom is 0.274 e. The Morgan fingerprint density at radius 2 is 2.08 bits per heavy atom. The van der Waals surface area contributed by atoms with Crippen LogP contribution in [0.3, 0.4) is 0 Å². The molecule has 3 rings (SSSR count). The second kappa shape index (κ2) is 7.83. The van der Waals surface area contributed by atoms with Gasteiger partial charge in [0.15, 0.2) is 0 Å². The maximum atomic E-state index is 12.7. The number of hydrogen-bond acceptors (Lipinski definition) is 3. The summed E-state index contributed by atoms with van der Waals surface area (Å²) in [6.45, 7) is 6.95. The van der Waals surface area contributed by atoms with Crippen LogP contribution >= 0.6 is 0 Å². The first-order valence-corrected chi connectivity index (χ1v) is 9.15. The van der Waals surface area contributed by atoms with E-state index in [1.165, 1.54) is 5.56 Å². The lowest BCUT2D eigenvalue weighted by molar-refractivity contribution is 0.0777. The van der Waals surface area contributed by atoms with E-state index >= 15 is 0 Å². The summed E-state index contributed by atoms with van der Waals surface area (Å²) in [6, 6.07) is 10.7. The first kappa shape index (κ1) is 17.7. The van der Waals surface area contributed by atoms with Gasteiger partial charge >= 0.3 is 0 Å². The molecule has 1 aromatic carbocycles. The van der Waals surface area contributed by atoms with Crippen molar-refractivity contribution in [2.45, 2.75) is 45.2 Å². The van der Waals surface area contributed by atoms with Crippen LogP contribution in [-0.2, 0) is 6.54 Å². The molecular weight excluding hydrogens is 312 g/mol. The largest absolute Gasteiger partial charge is 0.336 e. The summed E-state index contributed by atoms with van der Waals surface area (Å²) in [7, 11) is 1.83. The van der Waals surface area contributed by atoms with Gasteiger partial charge in [-0.1, -0.05) is 38.1 Å². The van der Waals surface area contributed by atoms with E-state index in [-0.39, 0.29) is 5.91 Å². The molecule has 134 valence electrons. The molecule has 0 saturated carbocycles. The van der Waals surface area contributed by atoms with Gasteiger partial charge in [-0.15, -0.1) is 0 Å². The Morgan fingerprint density at radius 1 is 1.32 bits per heavy atom. The van der Waals surface area contributed by atoms with Gasteiger partial charge in [-0.2, -0.15) is 5.10 Å². The third-order valence-corrected chi connectivity index (χ3v) is 4.89. The number of benzene rings is 1. The van der Waals surface area contributed by atoms with Crippen LogP contribution in [0.25, 0.3) is 0 Å². The number of amides is 1. The average Bonchev–Trinajstić information content (AvgIpc) is 3.12. The topological polar surface area (TPSA) is 50.2 Å². The molecule has 5 nitrogen and oxygen atoms in total. The van der Waals surface area contributed by atoms with Gasteiger partial charge in [0.1, 0.15) is 5.69 Å². The van der Waals surface area contributed by atoms with Crippen LogP contribution in [0.1, 0.15) is 60.3 Å². The summed E-state index contributed by atoms with van der Waals surface area (Å²) in [6.07, 6.45) is 4.19. The zero-order valence-corrected chi connectivity index (χ0v) is 15.4. The zero-order valence-electron chi connectivity index (χ0n) is 15.4. The normalized spacial score (nSPS) is 17.7. The van der Waals surface area contributed by atoms with Crippen molar-refractivity contribution in [3.63, 3.8) is 0 Å². The van der Waals surface area contributed by atoms with E-state index in [9.17, 15) is 4.79 Å². The van der Waals surface area contributed by atoms with Gasteiger partial charge in [-0.25, -0.2) is 0 Å². The summed E-state index contributed by atoms with van der Waals surface area (Å²) in [5.74, 6) is 0.488. The van der Waals surface area contributed by atoms with Crippen LogP contribution in [0.5, 0.6) is 0 Å². The molecule has 1 N–H and O–H groups in total. The third kappa shape index (κ3) is 4.28. The van der Waals surface area contributed by atoms with Crippen LogP contribution in [0.4, 0.5) is 0 Å². The maximum absolute atomic E-state index is 12.7. The van der Waals surface area contributed by atoms with Gasteiger partial charge in [0.25, 0.3) is 5.91 Å². The molecule has 1 amide bonds. The molecule has 1 saturated heterocycles. The number of rotatable bonds is 5. The highest BCUT2D eigenvalue weighted by Gasteiger charge is 2.19. The van der Waals surface area contributed by atoms with Crippen molar-refractivity contribution in [3.8, 4) is 0 Å². The highest BCUT2D eigenvalue weighted by molar-refractivity contribution is 5.91. The van der Waals surface area contributed by atoms with Crippen molar-refractivity contribution in [2.24, 2.45) is 0 Å². The molecule has 0 radical (unpaired) electrons. The summed E-state index contributed by atoms with van der Waals surface area (Å²) < 4.78 is 1.94. The lowest BCUT2D eigenvalue weighted by Crippen LogP contribution is -2.32. The molecule has 5 heteroatoms. The van der Waals surface area contributed by atoms with Crippen molar-refractivity contribution < 1.29 is 4.79 Å². The molecule has 0 aliphatic carbocycles. The number of nitrogens with one attached hydrogen (secondary N) is 1. The Bertz CT molecular complexity index is 699. The van der Waals surface area contributed by atoms with Crippen LogP contribution in [-0.4, -0.2) is 40.7 Å². The minimum Gasteiger partial charge on any atom is -0.336 e. The Morgan fingerprint density at radius 3 is 2.72 bits per heavy atom. The van der Waals surface area contributed by atoms with Crippen LogP contribution < -0.4 is 5.32 Å². The predicted octanol–water partition coefficient (Wildman–Crippen LogP) is 3.20. The molecule has 0 bridgehead atoms. The lowest BCUT2D eigenvalue weighted by Gasteiger charge is -2.23. The lowest BCUT2D eigenvalue weighted by atomic mass is 10.0. The molecule has 1 fully saturated rings. The molecule has 25 heavy (non-hydrogen) atoms.